The lowest BCUT2D eigenvalue weighted by atomic mass is 9.99. The summed E-state index contributed by atoms with van der Waals surface area (Å²) in [6.07, 6.45) is 0. The topological polar surface area (TPSA) is 31.6 Å². The van der Waals surface area contributed by atoms with E-state index >= 15 is 0 Å². The number of rotatable bonds is 2. The molecule has 0 aliphatic heterocycles. The average molecular weight is 465 g/mol. The Morgan fingerprint density at radius 3 is 1.71 bits per heavy atom. The summed E-state index contributed by atoms with van der Waals surface area (Å²) in [6, 6.07) is 39.5. The quantitative estimate of drug-likeness (QED) is 0.255. The number of aromatic amines is 2. The molecule has 2 nitrogen and oxygen atoms in total. The Bertz CT molecular complexity index is 2050. The van der Waals surface area contributed by atoms with Gasteiger partial charge in [-0.3, -0.25) is 0 Å². The predicted octanol–water partition coefficient (Wildman–Crippen LogP) is 9.50. The van der Waals surface area contributed by atoms with E-state index in [0.717, 1.165) is 0 Å². The number of hydrogen-bond acceptors (Lipinski definition) is 1. The summed E-state index contributed by atoms with van der Waals surface area (Å²) in [7, 11) is 0. The molecule has 0 unspecified atom stereocenters. The number of thiophene rings is 1. The van der Waals surface area contributed by atoms with E-state index in [1.807, 2.05) is 11.3 Å². The van der Waals surface area contributed by atoms with Gasteiger partial charge in [0.15, 0.2) is 0 Å². The van der Waals surface area contributed by atoms with E-state index in [2.05, 4.69) is 119 Å². The summed E-state index contributed by atoms with van der Waals surface area (Å²) in [5, 5.41) is 5.12. The van der Waals surface area contributed by atoms with Crippen molar-refractivity contribution in [1.29, 1.82) is 0 Å². The van der Waals surface area contributed by atoms with Crippen molar-refractivity contribution in [1.82, 2.24) is 9.97 Å². The highest BCUT2D eigenvalue weighted by atomic mass is 32.1. The molecule has 0 atom stereocenters. The van der Waals surface area contributed by atoms with E-state index in [-0.39, 0.29) is 0 Å². The molecule has 0 bridgehead atoms. The van der Waals surface area contributed by atoms with Gasteiger partial charge in [0.2, 0.25) is 0 Å². The van der Waals surface area contributed by atoms with Crippen LogP contribution in [0.2, 0.25) is 0 Å². The molecule has 8 rings (SSSR count). The molecule has 5 aromatic carbocycles. The largest absolute Gasteiger partial charge is 0.355 e. The maximum absolute atomic E-state index is 3.66. The van der Waals surface area contributed by atoms with Crippen LogP contribution in [0.1, 0.15) is 0 Å². The van der Waals surface area contributed by atoms with Gasteiger partial charge in [0.05, 0.1) is 10.2 Å². The minimum absolute atomic E-state index is 1.17. The third-order valence-electron chi connectivity index (χ3n) is 7.16. The highest BCUT2D eigenvalue weighted by Gasteiger charge is 2.13. The molecule has 3 heteroatoms. The van der Waals surface area contributed by atoms with Gasteiger partial charge in [-0.2, -0.15) is 0 Å². The molecule has 0 aliphatic carbocycles. The maximum Gasteiger partial charge on any atom is 0.0654 e. The molecule has 0 saturated heterocycles. The van der Waals surface area contributed by atoms with Crippen molar-refractivity contribution < 1.29 is 0 Å². The van der Waals surface area contributed by atoms with E-state index in [9.17, 15) is 0 Å². The number of aromatic nitrogens is 2. The van der Waals surface area contributed by atoms with Crippen molar-refractivity contribution in [2.45, 2.75) is 0 Å². The van der Waals surface area contributed by atoms with Crippen LogP contribution in [0.3, 0.4) is 0 Å². The Morgan fingerprint density at radius 2 is 1.00 bits per heavy atom. The third-order valence-corrected chi connectivity index (χ3v) is 8.36. The maximum atomic E-state index is 3.66. The van der Waals surface area contributed by atoms with Gasteiger partial charge in [-0.05, 0) is 64.7 Å². The van der Waals surface area contributed by atoms with Gasteiger partial charge in [0.1, 0.15) is 0 Å². The summed E-state index contributed by atoms with van der Waals surface area (Å²) in [6.45, 7) is 0. The van der Waals surface area contributed by atoms with Crippen molar-refractivity contribution in [2.24, 2.45) is 0 Å². The van der Waals surface area contributed by atoms with E-state index < -0.39 is 0 Å². The van der Waals surface area contributed by atoms with Crippen LogP contribution in [0.5, 0.6) is 0 Å². The number of hydrogen-bond donors (Lipinski definition) is 2. The Labute approximate surface area is 205 Å². The minimum Gasteiger partial charge on any atom is -0.355 e. The van der Waals surface area contributed by atoms with Crippen LogP contribution >= 0.6 is 11.3 Å². The molecule has 3 heterocycles. The Morgan fingerprint density at radius 1 is 0.429 bits per heavy atom. The van der Waals surface area contributed by atoms with E-state index in [1.54, 1.807) is 0 Å². The fraction of sp³-hybridized carbons (Fsp3) is 0. The Hall–Kier alpha value is -4.34. The lowest BCUT2D eigenvalue weighted by Gasteiger charge is -2.04. The first-order chi connectivity index (χ1) is 17.3. The fourth-order valence-corrected chi connectivity index (χ4v) is 6.59. The molecule has 0 fully saturated rings. The first kappa shape index (κ1) is 19.0. The molecule has 0 aliphatic rings. The SMILES string of the molecule is c1ccc(-c2ccc3[nH]c4ccc(-c5ccc6[nH]c7c8ccccc8sc7c6c5)cc4c3c2)cc1. The monoisotopic (exact) mass is 464 g/mol. The highest BCUT2D eigenvalue weighted by Crippen LogP contribution is 2.40. The van der Waals surface area contributed by atoms with E-state index in [1.165, 1.54) is 75.3 Å². The molecule has 0 radical (unpaired) electrons. The number of nitrogens with one attached hydrogen (secondary N) is 2. The van der Waals surface area contributed by atoms with Crippen LogP contribution in [0.25, 0.3) is 75.3 Å². The van der Waals surface area contributed by atoms with Crippen LogP contribution in [0.15, 0.2) is 109 Å². The third kappa shape index (κ3) is 2.82. The minimum atomic E-state index is 1.17. The molecular weight excluding hydrogens is 444 g/mol. The molecule has 164 valence electrons. The van der Waals surface area contributed by atoms with Crippen LogP contribution in [-0.2, 0) is 0 Å². The number of benzene rings is 5. The Kier molecular flexibility index (Phi) is 3.85. The summed E-state index contributed by atoms with van der Waals surface area (Å²) in [5.74, 6) is 0. The van der Waals surface area contributed by atoms with Gasteiger partial charge >= 0.3 is 0 Å². The van der Waals surface area contributed by atoms with Gasteiger partial charge in [0, 0.05) is 42.8 Å². The van der Waals surface area contributed by atoms with Crippen LogP contribution in [-0.4, -0.2) is 9.97 Å². The normalized spacial score (nSPS) is 12.0. The lowest BCUT2D eigenvalue weighted by Crippen LogP contribution is -1.79. The number of H-pyrrole nitrogens is 2. The zero-order valence-electron chi connectivity index (χ0n) is 18.8. The van der Waals surface area contributed by atoms with Crippen LogP contribution in [0.4, 0.5) is 0 Å². The van der Waals surface area contributed by atoms with Gasteiger partial charge in [-0.1, -0.05) is 66.7 Å². The molecule has 8 aromatic rings. The van der Waals surface area contributed by atoms with Gasteiger partial charge in [-0.15, -0.1) is 11.3 Å². The lowest BCUT2D eigenvalue weighted by molar-refractivity contribution is 1.54. The molecule has 0 saturated carbocycles. The van der Waals surface area contributed by atoms with E-state index in [4.69, 9.17) is 0 Å². The smallest absolute Gasteiger partial charge is 0.0654 e. The highest BCUT2D eigenvalue weighted by molar-refractivity contribution is 7.26. The van der Waals surface area contributed by atoms with Crippen molar-refractivity contribution in [3.05, 3.63) is 109 Å². The molecule has 35 heavy (non-hydrogen) atoms. The standard InChI is InChI=1S/C32H20N2S/c1-2-6-19(7-3-1)20-10-13-27-24(16-20)25-17-21(11-14-28(25)33-27)22-12-15-29-26(18-22)32-31(34-29)23-8-4-5-9-30(23)35-32/h1-18,33-34H. The van der Waals surface area contributed by atoms with Gasteiger partial charge in [0.25, 0.3) is 0 Å². The first-order valence-electron chi connectivity index (χ1n) is 11.9. The van der Waals surface area contributed by atoms with E-state index in [0.29, 0.717) is 0 Å². The van der Waals surface area contributed by atoms with Gasteiger partial charge < -0.3 is 9.97 Å². The van der Waals surface area contributed by atoms with Crippen molar-refractivity contribution in [2.75, 3.05) is 0 Å². The molecule has 3 aromatic heterocycles. The fourth-order valence-electron chi connectivity index (χ4n) is 5.40. The van der Waals surface area contributed by atoms with Crippen LogP contribution in [0, 0.1) is 0 Å². The summed E-state index contributed by atoms with van der Waals surface area (Å²) in [4.78, 5) is 7.25. The predicted molar refractivity (Wildman–Crippen MR) is 151 cm³/mol. The summed E-state index contributed by atoms with van der Waals surface area (Å²) < 4.78 is 2.67. The molecule has 2 N–H and O–H groups in total. The second-order valence-electron chi connectivity index (χ2n) is 9.20. The van der Waals surface area contributed by atoms with Crippen molar-refractivity contribution in [3.63, 3.8) is 0 Å². The first-order valence-corrected chi connectivity index (χ1v) is 12.7. The molecule has 0 spiro atoms. The average Bonchev–Trinajstić information content (AvgIpc) is 3.58. The summed E-state index contributed by atoms with van der Waals surface area (Å²) in [5.41, 5.74) is 9.75. The second-order valence-corrected chi connectivity index (χ2v) is 10.3. The van der Waals surface area contributed by atoms with Crippen LogP contribution < -0.4 is 0 Å². The molecule has 0 amide bonds. The Balaban J connectivity index is 1.32. The second kappa shape index (κ2) is 7.08. The van der Waals surface area contributed by atoms with Gasteiger partial charge in [-0.25, -0.2) is 0 Å². The zero-order valence-corrected chi connectivity index (χ0v) is 19.6. The zero-order chi connectivity index (χ0) is 22.9. The number of fused-ring (bicyclic) bond motifs is 8. The van der Waals surface area contributed by atoms with Crippen molar-refractivity contribution in [3.8, 4) is 22.3 Å². The van der Waals surface area contributed by atoms with Crippen molar-refractivity contribution >= 4 is 64.3 Å². The molecular formula is C32H20N2S. The summed E-state index contributed by atoms with van der Waals surface area (Å²) >= 11 is 1.87.